The standard InChI is InChI=1S/C22H36N4O2/c1-3-23-22(25-19-11-13-26(14-12-19)15-16-27-2)24-17-18-7-4-5-10-21(18)28-20-8-6-9-20/h4-5,7,10,19-20H,3,6,8-9,11-17H2,1-2H3,(H2,23,24,25). The van der Waals surface area contributed by atoms with Crippen molar-refractivity contribution >= 4 is 5.96 Å². The van der Waals surface area contributed by atoms with Crippen molar-refractivity contribution in [3.05, 3.63) is 29.8 Å². The molecule has 28 heavy (non-hydrogen) atoms. The molecule has 0 spiro atoms. The van der Waals surface area contributed by atoms with Crippen LogP contribution < -0.4 is 15.4 Å². The lowest BCUT2D eigenvalue weighted by molar-refractivity contribution is 0.119. The summed E-state index contributed by atoms with van der Waals surface area (Å²) in [5.74, 6) is 1.88. The summed E-state index contributed by atoms with van der Waals surface area (Å²) in [6.07, 6.45) is 6.28. The first-order valence-corrected chi connectivity index (χ1v) is 10.8. The van der Waals surface area contributed by atoms with Crippen molar-refractivity contribution in [2.45, 2.75) is 57.7 Å². The Bertz CT molecular complexity index is 610. The number of aliphatic imine (C=N–C) groups is 1. The first kappa shape index (κ1) is 20.9. The van der Waals surface area contributed by atoms with Gasteiger partial charge in [-0.3, -0.25) is 0 Å². The van der Waals surface area contributed by atoms with Crippen molar-refractivity contribution in [1.29, 1.82) is 0 Å². The summed E-state index contributed by atoms with van der Waals surface area (Å²) in [5, 5.41) is 7.02. The summed E-state index contributed by atoms with van der Waals surface area (Å²) >= 11 is 0. The Morgan fingerprint density at radius 1 is 1.18 bits per heavy atom. The molecule has 0 aromatic heterocycles. The highest BCUT2D eigenvalue weighted by molar-refractivity contribution is 5.80. The number of rotatable bonds is 9. The van der Waals surface area contributed by atoms with Gasteiger partial charge in [-0.1, -0.05) is 18.2 Å². The summed E-state index contributed by atoms with van der Waals surface area (Å²) in [4.78, 5) is 7.31. The number of hydrogen-bond donors (Lipinski definition) is 2. The van der Waals surface area contributed by atoms with Crippen LogP contribution in [0.15, 0.2) is 29.3 Å². The first-order chi connectivity index (χ1) is 13.8. The van der Waals surface area contributed by atoms with Gasteiger partial charge in [0.05, 0.1) is 19.3 Å². The maximum absolute atomic E-state index is 6.14. The van der Waals surface area contributed by atoms with Crippen LogP contribution in [0.4, 0.5) is 0 Å². The SMILES string of the molecule is CCNC(=NCc1ccccc1OC1CCC1)NC1CCN(CCOC)CC1. The van der Waals surface area contributed by atoms with E-state index in [1.807, 2.05) is 6.07 Å². The molecule has 0 amide bonds. The third kappa shape index (κ3) is 6.38. The molecule has 1 aromatic carbocycles. The highest BCUT2D eigenvalue weighted by atomic mass is 16.5. The van der Waals surface area contributed by atoms with Gasteiger partial charge in [-0.25, -0.2) is 4.99 Å². The monoisotopic (exact) mass is 388 g/mol. The van der Waals surface area contributed by atoms with E-state index >= 15 is 0 Å². The van der Waals surface area contributed by atoms with E-state index in [1.165, 1.54) is 19.3 Å². The van der Waals surface area contributed by atoms with Crippen molar-refractivity contribution in [3.63, 3.8) is 0 Å². The number of likely N-dealkylation sites (tertiary alicyclic amines) is 1. The summed E-state index contributed by atoms with van der Waals surface area (Å²) in [7, 11) is 1.77. The van der Waals surface area contributed by atoms with Crippen LogP contribution in [0.25, 0.3) is 0 Å². The van der Waals surface area contributed by atoms with Gasteiger partial charge in [0.25, 0.3) is 0 Å². The number of piperidine rings is 1. The maximum atomic E-state index is 6.14. The molecule has 1 heterocycles. The minimum Gasteiger partial charge on any atom is -0.490 e. The second-order valence-corrected chi connectivity index (χ2v) is 7.73. The largest absolute Gasteiger partial charge is 0.490 e. The molecule has 1 saturated heterocycles. The van der Waals surface area contributed by atoms with E-state index < -0.39 is 0 Å². The van der Waals surface area contributed by atoms with Gasteiger partial charge in [-0.2, -0.15) is 0 Å². The van der Waals surface area contributed by atoms with E-state index in [4.69, 9.17) is 14.5 Å². The smallest absolute Gasteiger partial charge is 0.191 e. The lowest BCUT2D eigenvalue weighted by Crippen LogP contribution is -2.49. The molecule has 0 unspecified atom stereocenters. The zero-order valence-electron chi connectivity index (χ0n) is 17.5. The van der Waals surface area contributed by atoms with E-state index in [1.54, 1.807) is 7.11 Å². The highest BCUT2D eigenvalue weighted by Gasteiger charge is 2.21. The van der Waals surface area contributed by atoms with E-state index in [0.29, 0.717) is 18.7 Å². The molecule has 2 aliphatic rings. The molecule has 2 N–H and O–H groups in total. The molecule has 1 saturated carbocycles. The van der Waals surface area contributed by atoms with Crippen LogP contribution in [0.3, 0.4) is 0 Å². The van der Waals surface area contributed by atoms with Crippen LogP contribution in [0, 0.1) is 0 Å². The fourth-order valence-electron chi connectivity index (χ4n) is 3.62. The van der Waals surface area contributed by atoms with E-state index in [-0.39, 0.29) is 0 Å². The Morgan fingerprint density at radius 3 is 2.64 bits per heavy atom. The number of nitrogens with zero attached hydrogens (tertiary/aromatic N) is 2. The summed E-state index contributed by atoms with van der Waals surface area (Å²) in [6.45, 7) is 7.65. The number of ether oxygens (including phenoxy) is 2. The van der Waals surface area contributed by atoms with Crippen molar-refractivity contribution in [2.24, 2.45) is 4.99 Å². The van der Waals surface area contributed by atoms with Gasteiger partial charge in [0, 0.05) is 44.9 Å². The predicted octanol–water partition coefficient (Wildman–Crippen LogP) is 2.78. The molecule has 1 aliphatic carbocycles. The van der Waals surface area contributed by atoms with Crippen LogP contribution in [0.2, 0.25) is 0 Å². The fourth-order valence-corrected chi connectivity index (χ4v) is 3.62. The maximum Gasteiger partial charge on any atom is 0.191 e. The third-order valence-electron chi connectivity index (χ3n) is 5.61. The number of guanidine groups is 1. The van der Waals surface area contributed by atoms with E-state index in [2.05, 4.69) is 40.7 Å². The van der Waals surface area contributed by atoms with Crippen LogP contribution >= 0.6 is 0 Å². The molecule has 0 atom stereocenters. The van der Waals surface area contributed by atoms with Gasteiger partial charge < -0.3 is 25.0 Å². The second kappa shape index (κ2) is 11.3. The lowest BCUT2D eigenvalue weighted by atomic mass is 9.96. The van der Waals surface area contributed by atoms with Gasteiger partial charge in [0.2, 0.25) is 0 Å². The Hall–Kier alpha value is -1.79. The summed E-state index contributed by atoms with van der Waals surface area (Å²) in [6, 6.07) is 8.77. The highest BCUT2D eigenvalue weighted by Crippen LogP contribution is 2.27. The lowest BCUT2D eigenvalue weighted by Gasteiger charge is -2.32. The van der Waals surface area contributed by atoms with Crippen molar-refractivity contribution in [1.82, 2.24) is 15.5 Å². The Labute approximate surface area is 169 Å². The molecular weight excluding hydrogens is 352 g/mol. The minimum absolute atomic E-state index is 0.389. The molecule has 156 valence electrons. The number of benzene rings is 1. The predicted molar refractivity (Wildman–Crippen MR) is 114 cm³/mol. The van der Waals surface area contributed by atoms with Gasteiger partial charge >= 0.3 is 0 Å². The Morgan fingerprint density at radius 2 is 1.96 bits per heavy atom. The Balaban J connectivity index is 1.53. The zero-order valence-corrected chi connectivity index (χ0v) is 17.5. The van der Waals surface area contributed by atoms with Gasteiger partial charge in [0.1, 0.15) is 5.75 Å². The van der Waals surface area contributed by atoms with Crippen molar-refractivity contribution < 1.29 is 9.47 Å². The van der Waals surface area contributed by atoms with Gasteiger partial charge in [-0.15, -0.1) is 0 Å². The van der Waals surface area contributed by atoms with Crippen LogP contribution in [0.5, 0.6) is 5.75 Å². The van der Waals surface area contributed by atoms with Crippen LogP contribution in [-0.2, 0) is 11.3 Å². The second-order valence-electron chi connectivity index (χ2n) is 7.73. The molecular formula is C22H36N4O2. The van der Waals surface area contributed by atoms with Gasteiger partial charge in [-0.05, 0) is 45.1 Å². The van der Waals surface area contributed by atoms with Gasteiger partial charge in [0.15, 0.2) is 5.96 Å². The first-order valence-electron chi connectivity index (χ1n) is 10.8. The molecule has 0 bridgehead atoms. The zero-order chi connectivity index (χ0) is 19.6. The molecule has 3 rings (SSSR count). The molecule has 6 nitrogen and oxygen atoms in total. The average Bonchev–Trinajstić information content (AvgIpc) is 2.69. The van der Waals surface area contributed by atoms with E-state index in [0.717, 1.165) is 62.9 Å². The van der Waals surface area contributed by atoms with E-state index in [9.17, 15) is 0 Å². The van der Waals surface area contributed by atoms with Crippen molar-refractivity contribution in [2.75, 3.05) is 39.9 Å². The fraction of sp³-hybridized carbons (Fsp3) is 0.682. The number of hydrogen-bond acceptors (Lipinski definition) is 4. The number of nitrogens with one attached hydrogen (secondary N) is 2. The third-order valence-corrected chi connectivity index (χ3v) is 5.61. The number of methoxy groups -OCH3 is 1. The molecule has 1 aliphatic heterocycles. The van der Waals surface area contributed by atoms with Crippen molar-refractivity contribution in [3.8, 4) is 5.75 Å². The van der Waals surface area contributed by atoms with Crippen LogP contribution in [-0.4, -0.2) is 62.9 Å². The summed E-state index contributed by atoms with van der Waals surface area (Å²) in [5.41, 5.74) is 1.15. The summed E-state index contributed by atoms with van der Waals surface area (Å²) < 4.78 is 11.3. The average molecular weight is 389 g/mol. The molecule has 1 aromatic rings. The quantitative estimate of drug-likeness (QED) is 0.503. The molecule has 0 radical (unpaired) electrons. The minimum atomic E-state index is 0.389. The Kier molecular flexibility index (Phi) is 8.42. The number of para-hydroxylation sites is 1. The van der Waals surface area contributed by atoms with Crippen LogP contribution in [0.1, 0.15) is 44.6 Å². The normalized spacial score (nSPS) is 19.3. The molecule has 2 fully saturated rings. The topological polar surface area (TPSA) is 58.1 Å². The molecule has 6 heteroatoms.